The highest BCUT2D eigenvalue weighted by molar-refractivity contribution is 6.31. The van der Waals surface area contributed by atoms with E-state index in [9.17, 15) is 4.39 Å². The van der Waals surface area contributed by atoms with Crippen molar-refractivity contribution in [3.8, 4) is 0 Å². The van der Waals surface area contributed by atoms with Gasteiger partial charge in [-0.05, 0) is 24.3 Å². The van der Waals surface area contributed by atoms with Crippen molar-refractivity contribution >= 4 is 45.6 Å². The van der Waals surface area contributed by atoms with Gasteiger partial charge in [-0.15, -0.1) is 0 Å². The third-order valence-corrected chi connectivity index (χ3v) is 3.11. The number of rotatable bonds is 2. The van der Waals surface area contributed by atoms with Crippen molar-refractivity contribution in [2.24, 2.45) is 0 Å². The van der Waals surface area contributed by atoms with Gasteiger partial charge < -0.3 is 5.32 Å². The summed E-state index contributed by atoms with van der Waals surface area (Å²) in [5.41, 5.74) is 0.833. The Morgan fingerprint density at radius 3 is 2.75 bits per heavy atom. The van der Waals surface area contributed by atoms with Crippen LogP contribution in [0.15, 0.2) is 36.8 Å². The highest BCUT2D eigenvalue weighted by Gasteiger charge is 2.08. The summed E-state index contributed by atoms with van der Waals surface area (Å²) in [5.74, 6) is 0.00165. The number of aromatic nitrogens is 3. The summed E-state index contributed by atoms with van der Waals surface area (Å²) in [6.45, 7) is 0. The molecular formula is C13H7Cl2FN4. The molecule has 0 aliphatic rings. The molecule has 3 rings (SSSR count). The van der Waals surface area contributed by atoms with Crippen molar-refractivity contribution in [1.29, 1.82) is 0 Å². The number of hydrogen-bond acceptors (Lipinski definition) is 4. The second-order valence-electron chi connectivity index (χ2n) is 4.00. The van der Waals surface area contributed by atoms with Crippen LogP contribution in [0.25, 0.3) is 10.9 Å². The van der Waals surface area contributed by atoms with Crippen LogP contribution in [0, 0.1) is 5.82 Å². The molecule has 0 saturated heterocycles. The van der Waals surface area contributed by atoms with E-state index < -0.39 is 5.82 Å². The Labute approximate surface area is 123 Å². The second kappa shape index (κ2) is 5.19. The molecule has 1 aromatic carbocycles. The molecule has 20 heavy (non-hydrogen) atoms. The van der Waals surface area contributed by atoms with E-state index >= 15 is 0 Å². The Bertz CT molecular complexity index is 794. The lowest BCUT2D eigenvalue weighted by Gasteiger charge is -2.09. The first-order valence-corrected chi connectivity index (χ1v) is 6.37. The maximum absolute atomic E-state index is 13.7. The molecule has 2 aromatic heterocycles. The molecule has 0 bridgehead atoms. The van der Waals surface area contributed by atoms with Gasteiger partial charge in [-0.3, -0.25) is 0 Å². The standard InChI is InChI=1S/C13H7Cl2FN4/c14-7-1-2-9(16)10(3-7)20-13-8-4-12(15)17-5-11(8)18-6-19-13/h1-6H,(H,18,19,20). The smallest absolute Gasteiger partial charge is 0.146 e. The molecule has 2 heterocycles. The van der Waals surface area contributed by atoms with Crippen molar-refractivity contribution in [1.82, 2.24) is 15.0 Å². The van der Waals surface area contributed by atoms with Crippen LogP contribution < -0.4 is 5.32 Å². The molecular weight excluding hydrogens is 302 g/mol. The van der Waals surface area contributed by atoms with E-state index in [1.165, 1.54) is 30.7 Å². The third-order valence-electron chi connectivity index (χ3n) is 2.67. The average molecular weight is 309 g/mol. The largest absolute Gasteiger partial charge is 0.337 e. The number of anilines is 2. The van der Waals surface area contributed by atoms with E-state index in [1.54, 1.807) is 6.07 Å². The molecule has 100 valence electrons. The van der Waals surface area contributed by atoms with Gasteiger partial charge in [0.05, 0.1) is 17.4 Å². The van der Waals surface area contributed by atoms with E-state index in [1.807, 2.05) is 0 Å². The summed E-state index contributed by atoms with van der Waals surface area (Å²) in [5, 5.41) is 4.26. The van der Waals surface area contributed by atoms with Crippen molar-refractivity contribution in [3.63, 3.8) is 0 Å². The van der Waals surface area contributed by atoms with Gasteiger partial charge in [-0.1, -0.05) is 23.2 Å². The predicted octanol–water partition coefficient (Wildman–Crippen LogP) is 4.21. The topological polar surface area (TPSA) is 50.7 Å². The minimum atomic E-state index is -0.429. The Balaban J connectivity index is 2.10. The van der Waals surface area contributed by atoms with Gasteiger partial charge in [0.15, 0.2) is 0 Å². The molecule has 0 aliphatic carbocycles. The minimum absolute atomic E-state index is 0.227. The number of nitrogens with one attached hydrogen (secondary N) is 1. The Morgan fingerprint density at radius 2 is 1.90 bits per heavy atom. The Morgan fingerprint density at radius 1 is 1.05 bits per heavy atom. The van der Waals surface area contributed by atoms with E-state index in [2.05, 4.69) is 20.3 Å². The lowest BCUT2D eigenvalue weighted by molar-refractivity contribution is 0.632. The van der Waals surface area contributed by atoms with Crippen LogP contribution in [0.2, 0.25) is 10.2 Å². The van der Waals surface area contributed by atoms with Crippen LogP contribution in [0.3, 0.4) is 0 Å². The zero-order valence-electron chi connectivity index (χ0n) is 9.94. The van der Waals surface area contributed by atoms with Gasteiger partial charge in [0.25, 0.3) is 0 Å². The van der Waals surface area contributed by atoms with Crippen LogP contribution in [-0.4, -0.2) is 15.0 Å². The van der Waals surface area contributed by atoms with E-state index in [-0.39, 0.29) is 5.69 Å². The summed E-state index contributed by atoms with van der Waals surface area (Å²) in [6, 6.07) is 5.85. The quantitative estimate of drug-likeness (QED) is 0.720. The fourth-order valence-corrected chi connectivity index (χ4v) is 2.08. The highest BCUT2D eigenvalue weighted by Crippen LogP contribution is 2.27. The predicted molar refractivity (Wildman–Crippen MR) is 77.0 cm³/mol. The van der Waals surface area contributed by atoms with Gasteiger partial charge in [0.2, 0.25) is 0 Å². The molecule has 0 amide bonds. The SMILES string of the molecule is Fc1ccc(Cl)cc1Nc1ncnc2cnc(Cl)cc12. The summed E-state index contributed by atoms with van der Waals surface area (Å²) in [6.07, 6.45) is 2.89. The van der Waals surface area contributed by atoms with Crippen molar-refractivity contribution < 1.29 is 4.39 Å². The summed E-state index contributed by atoms with van der Waals surface area (Å²) < 4.78 is 13.7. The first-order chi connectivity index (χ1) is 9.63. The zero-order valence-corrected chi connectivity index (χ0v) is 11.5. The molecule has 0 aliphatic heterocycles. The number of pyridine rings is 1. The molecule has 0 unspecified atom stereocenters. The first kappa shape index (κ1) is 13.0. The monoisotopic (exact) mass is 308 g/mol. The summed E-state index contributed by atoms with van der Waals surface area (Å²) in [4.78, 5) is 12.1. The van der Waals surface area contributed by atoms with Crippen LogP contribution >= 0.6 is 23.2 Å². The number of hydrogen-bond donors (Lipinski definition) is 1. The zero-order chi connectivity index (χ0) is 14.1. The molecule has 7 heteroatoms. The second-order valence-corrected chi connectivity index (χ2v) is 4.82. The molecule has 4 nitrogen and oxygen atoms in total. The molecule has 0 saturated carbocycles. The number of fused-ring (bicyclic) bond motifs is 1. The highest BCUT2D eigenvalue weighted by atomic mass is 35.5. The lowest BCUT2D eigenvalue weighted by atomic mass is 10.2. The fourth-order valence-electron chi connectivity index (χ4n) is 1.75. The normalized spacial score (nSPS) is 10.8. The van der Waals surface area contributed by atoms with Crippen LogP contribution in [0.5, 0.6) is 0 Å². The first-order valence-electron chi connectivity index (χ1n) is 5.62. The van der Waals surface area contributed by atoms with Gasteiger partial charge in [0, 0.05) is 10.4 Å². The summed E-state index contributed by atoms with van der Waals surface area (Å²) in [7, 11) is 0. The number of nitrogens with zero attached hydrogens (tertiary/aromatic N) is 3. The van der Waals surface area contributed by atoms with E-state index in [0.717, 1.165) is 0 Å². The molecule has 0 fully saturated rings. The van der Waals surface area contributed by atoms with Crippen LogP contribution in [0.1, 0.15) is 0 Å². The fraction of sp³-hybridized carbons (Fsp3) is 0. The molecule has 3 aromatic rings. The van der Waals surface area contributed by atoms with Gasteiger partial charge in [-0.25, -0.2) is 19.3 Å². The van der Waals surface area contributed by atoms with Gasteiger partial charge in [0.1, 0.15) is 23.1 Å². The maximum atomic E-state index is 13.7. The summed E-state index contributed by atoms with van der Waals surface area (Å²) >= 11 is 11.7. The van der Waals surface area contributed by atoms with Crippen molar-refractivity contribution in [3.05, 3.63) is 52.8 Å². The Kier molecular flexibility index (Phi) is 3.38. The van der Waals surface area contributed by atoms with Gasteiger partial charge >= 0.3 is 0 Å². The Hall–Kier alpha value is -1.98. The molecule has 1 N–H and O–H groups in total. The van der Waals surface area contributed by atoms with Crippen LogP contribution in [-0.2, 0) is 0 Å². The van der Waals surface area contributed by atoms with E-state index in [0.29, 0.717) is 26.9 Å². The number of benzene rings is 1. The molecule has 0 spiro atoms. The molecule has 0 atom stereocenters. The van der Waals surface area contributed by atoms with Gasteiger partial charge in [-0.2, -0.15) is 0 Å². The van der Waals surface area contributed by atoms with Crippen molar-refractivity contribution in [2.45, 2.75) is 0 Å². The third kappa shape index (κ3) is 2.50. The number of halogens is 3. The van der Waals surface area contributed by atoms with Crippen LogP contribution in [0.4, 0.5) is 15.9 Å². The minimum Gasteiger partial charge on any atom is -0.337 e. The van der Waals surface area contributed by atoms with E-state index in [4.69, 9.17) is 23.2 Å². The average Bonchev–Trinajstić information content (AvgIpc) is 2.43. The maximum Gasteiger partial charge on any atom is 0.146 e. The molecule has 0 radical (unpaired) electrons. The lowest BCUT2D eigenvalue weighted by Crippen LogP contribution is -1.98. The van der Waals surface area contributed by atoms with Crippen molar-refractivity contribution in [2.75, 3.05) is 5.32 Å².